The normalized spacial score (nSPS) is 16.7. The molecular formula is C11H17NO4. The summed E-state index contributed by atoms with van der Waals surface area (Å²) in [5.74, 6) is -2.51. The number of aliphatic carboxylic acids is 2. The van der Waals surface area contributed by atoms with Crippen LogP contribution in [0, 0.1) is 0 Å². The van der Waals surface area contributed by atoms with E-state index in [1.807, 2.05) is 0 Å². The predicted molar refractivity (Wildman–Crippen MR) is 60.3 cm³/mol. The van der Waals surface area contributed by atoms with Crippen LogP contribution in [0.15, 0.2) is 24.3 Å². The number of carboxylic acid groups (broad SMARTS) is 2. The molecule has 0 aliphatic carbocycles. The second kappa shape index (κ2) is 7.64. The lowest BCUT2D eigenvalue weighted by Crippen LogP contribution is -2.25. The molecule has 5 nitrogen and oxygen atoms in total. The third kappa shape index (κ3) is 8.96. The van der Waals surface area contributed by atoms with Gasteiger partial charge >= 0.3 is 11.9 Å². The van der Waals surface area contributed by atoms with Gasteiger partial charge in [-0.25, -0.2) is 9.59 Å². The van der Waals surface area contributed by atoms with E-state index in [9.17, 15) is 9.59 Å². The van der Waals surface area contributed by atoms with Gasteiger partial charge in [0.2, 0.25) is 0 Å². The highest BCUT2D eigenvalue weighted by Gasteiger charge is 2.06. The van der Waals surface area contributed by atoms with Crippen molar-refractivity contribution in [2.75, 3.05) is 20.1 Å². The monoisotopic (exact) mass is 227 g/mol. The van der Waals surface area contributed by atoms with Crippen LogP contribution in [0.5, 0.6) is 0 Å². The highest BCUT2D eigenvalue weighted by molar-refractivity contribution is 5.89. The van der Waals surface area contributed by atoms with E-state index in [2.05, 4.69) is 18.5 Å². The van der Waals surface area contributed by atoms with Gasteiger partial charge in [0.05, 0.1) is 0 Å². The minimum absolute atomic E-state index is 0.558. The molecule has 0 aromatic rings. The Labute approximate surface area is 94.7 Å². The Bertz CT molecular complexity index is 270. The summed E-state index contributed by atoms with van der Waals surface area (Å²) in [4.78, 5) is 21.4. The number of carboxylic acids is 2. The lowest BCUT2D eigenvalue weighted by atomic mass is 10.1. The van der Waals surface area contributed by atoms with E-state index in [1.165, 1.54) is 31.5 Å². The molecule has 0 bridgehead atoms. The molecule has 0 aromatic carbocycles. The molecule has 5 heteroatoms. The molecule has 0 saturated carbocycles. The average Bonchev–Trinajstić information content (AvgIpc) is 2.20. The molecule has 1 rings (SSSR count). The van der Waals surface area contributed by atoms with Crippen molar-refractivity contribution in [1.29, 1.82) is 0 Å². The third-order valence-corrected chi connectivity index (χ3v) is 2.06. The topological polar surface area (TPSA) is 77.8 Å². The molecule has 1 aliphatic heterocycles. The summed E-state index contributed by atoms with van der Waals surface area (Å²) in [5, 5.41) is 15.6. The fourth-order valence-corrected chi connectivity index (χ4v) is 1.08. The molecule has 1 aliphatic rings. The molecule has 0 aromatic heterocycles. The summed E-state index contributed by atoms with van der Waals surface area (Å²) < 4.78 is 0. The highest BCUT2D eigenvalue weighted by Crippen LogP contribution is 2.10. The predicted octanol–water partition coefficient (Wildman–Crippen LogP) is 0.980. The zero-order valence-corrected chi connectivity index (χ0v) is 9.35. The van der Waals surface area contributed by atoms with Gasteiger partial charge in [-0.05, 0) is 19.9 Å². The van der Waals surface area contributed by atoms with Gasteiger partial charge in [0.15, 0.2) is 0 Å². The summed E-state index contributed by atoms with van der Waals surface area (Å²) in [6, 6.07) is 0. The standard InChI is InChI=1S/C7H13N.C4H4O4/c1-7-3-5-8(2)6-4-7;5-3(6)1-2-4(7)8/h1,3-6H2,2H3;1-2H,(H,5,6)(H,7,8)/b;2-1-. The number of piperidine rings is 1. The molecule has 16 heavy (non-hydrogen) atoms. The van der Waals surface area contributed by atoms with E-state index in [0.29, 0.717) is 12.2 Å². The molecule has 0 radical (unpaired) electrons. The van der Waals surface area contributed by atoms with Gasteiger partial charge in [-0.15, -0.1) is 0 Å². The molecule has 0 atom stereocenters. The Kier molecular flexibility index (Phi) is 6.87. The number of rotatable bonds is 2. The fraction of sp³-hybridized carbons (Fsp3) is 0.455. The van der Waals surface area contributed by atoms with Crippen molar-refractivity contribution in [3.05, 3.63) is 24.3 Å². The Morgan fingerprint density at radius 1 is 1.19 bits per heavy atom. The largest absolute Gasteiger partial charge is 0.478 e. The summed E-state index contributed by atoms with van der Waals surface area (Å²) in [5.41, 5.74) is 1.42. The summed E-state index contributed by atoms with van der Waals surface area (Å²) in [6.45, 7) is 6.34. The van der Waals surface area contributed by atoms with E-state index in [4.69, 9.17) is 10.2 Å². The van der Waals surface area contributed by atoms with Crippen molar-refractivity contribution in [2.24, 2.45) is 0 Å². The smallest absolute Gasteiger partial charge is 0.328 e. The van der Waals surface area contributed by atoms with Crippen LogP contribution in [0.2, 0.25) is 0 Å². The van der Waals surface area contributed by atoms with Crippen LogP contribution in [-0.2, 0) is 9.59 Å². The van der Waals surface area contributed by atoms with E-state index in [-0.39, 0.29) is 0 Å². The van der Waals surface area contributed by atoms with Crippen LogP contribution in [0.4, 0.5) is 0 Å². The lowest BCUT2D eigenvalue weighted by Gasteiger charge is -2.22. The average molecular weight is 227 g/mol. The Hall–Kier alpha value is -1.62. The zero-order valence-electron chi connectivity index (χ0n) is 9.35. The molecular weight excluding hydrogens is 210 g/mol. The fourth-order valence-electron chi connectivity index (χ4n) is 1.08. The van der Waals surface area contributed by atoms with Crippen molar-refractivity contribution in [1.82, 2.24) is 4.90 Å². The zero-order chi connectivity index (χ0) is 12.6. The molecule has 0 unspecified atom stereocenters. The van der Waals surface area contributed by atoms with Crippen LogP contribution in [-0.4, -0.2) is 47.2 Å². The first-order chi connectivity index (χ1) is 7.41. The van der Waals surface area contributed by atoms with E-state index in [0.717, 1.165) is 0 Å². The molecule has 1 heterocycles. The maximum atomic E-state index is 9.55. The Morgan fingerprint density at radius 2 is 1.56 bits per heavy atom. The van der Waals surface area contributed by atoms with Crippen molar-refractivity contribution in [2.45, 2.75) is 12.8 Å². The first-order valence-electron chi connectivity index (χ1n) is 4.91. The van der Waals surface area contributed by atoms with Crippen molar-refractivity contribution >= 4 is 11.9 Å². The third-order valence-electron chi connectivity index (χ3n) is 2.06. The van der Waals surface area contributed by atoms with E-state index >= 15 is 0 Å². The van der Waals surface area contributed by atoms with Crippen molar-refractivity contribution < 1.29 is 19.8 Å². The van der Waals surface area contributed by atoms with E-state index in [1.54, 1.807) is 0 Å². The summed E-state index contributed by atoms with van der Waals surface area (Å²) >= 11 is 0. The molecule has 1 saturated heterocycles. The molecule has 2 N–H and O–H groups in total. The minimum atomic E-state index is -1.26. The number of nitrogens with zero attached hydrogens (tertiary/aromatic N) is 1. The van der Waals surface area contributed by atoms with Crippen LogP contribution in [0.3, 0.4) is 0 Å². The quantitative estimate of drug-likeness (QED) is 0.543. The number of hydrogen-bond donors (Lipinski definition) is 2. The summed E-state index contributed by atoms with van der Waals surface area (Å²) in [6.07, 6.45) is 3.53. The highest BCUT2D eigenvalue weighted by atomic mass is 16.4. The van der Waals surface area contributed by atoms with Gasteiger partial charge in [-0.2, -0.15) is 0 Å². The van der Waals surface area contributed by atoms with Gasteiger partial charge in [-0.1, -0.05) is 12.2 Å². The number of carbonyl (C=O) groups is 2. The van der Waals surface area contributed by atoms with Gasteiger partial charge in [0.25, 0.3) is 0 Å². The van der Waals surface area contributed by atoms with Crippen LogP contribution in [0.25, 0.3) is 0 Å². The Balaban J connectivity index is 0.000000281. The van der Waals surface area contributed by atoms with Crippen LogP contribution >= 0.6 is 0 Å². The molecule has 90 valence electrons. The molecule has 1 fully saturated rings. The van der Waals surface area contributed by atoms with Crippen molar-refractivity contribution in [3.63, 3.8) is 0 Å². The SMILES string of the molecule is C=C1CCN(C)CC1.O=C(O)/C=C\C(=O)O. The second-order valence-electron chi connectivity index (χ2n) is 3.56. The van der Waals surface area contributed by atoms with Crippen LogP contribution in [0.1, 0.15) is 12.8 Å². The lowest BCUT2D eigenvalue weighted by molar-refractivity contribution is -0.134. The maximum Gasteiger partial charge on any atom is 0.328 e. The van der Waals surface area contributed by atoms with Crippen LogP contribution < -0.4 is 0 Å². The molecule has 0 amide bonds. The van der Waals surface area contributed by atoms with Gasteiger partial charge in [-0.3, -0.25) is 0 Å². The summed E-state index contributed by atoms with van der Waals surface area (Å²) in [7, 11) is 2.16. The first-order valence-corrected chi connectivity index (χ1v) is 4.91. The Morgan fingerprint density at radius 3 is 1.81 bits per heavy atom. The minimum Gasteiger partial charge on any atom is -0.478 e. The van der Waals surface area contributed by atoms with Crippen molar-refractivity contribution in [3.8, 4) is 0 Å². The first kappa shape index (κ1) is 14.4. The number of hydrogen-bond acceptors (Lipinski definition) is 3. The van der Waals surface area contributed by atoms with Gasteiger partial charge in [0, 0.05) is 25.2 Å². The number of likely N-dealkylation sites (tertiary alicyclic amines) is 1. The van der Waals surface area contributed by atoms with Gasteiger partial charge < -0.3 is 15.1 Å². The molecule has 0 spiro atoms. The van der Waals surface area contributed by atoms with E-state index < -0.39 is 11.9 Å². The maximum absolute atomic E-state index is 9.55. The van der Waals surface area contributed by atoms with Gasteiger partial charge in [0.1, 0.15) is 0 Å². The second-order valence-corrected chi connectivity index (χ2v) is 3.56.